The Kier molecular flexibility index (Phi) is 6.15. The zero-order valence-electron chi connectivity index (χ0n) is 16.2. The Bertz CT molecular complexity index is 806. The van der Waals surface area contributed by atoms with Gasteiger partial charge in [0.2, 0.25) is 0 Å². The van der Waals surface area contributed by atoms with Crippen LogP contribution in [0.2, 0.25) is 0 Å². The molecule has 0 spiro atoms. The molecular formula is C21H26N4O2. The highest BCUT2D eigenvalue weighted by Crippen LogP contribution is 2.24. The monoisotopic (exact) mass is 366 g/mol. The number of hydrogen-bond acceptors (Lipinski definition) is 6. The summed E-state index contributed by atoms with van der Waals surface area (Å²) in [7, 11) is 0. The van der Waals surface area contributed by atoms with Gasteiger partial charge in [-0.25, -0.2) is 4.98 Å². The first-order chi connectivity index (χ1) is 13.1. The van der Waals surface area contributed by atoms with E-state index in [-0.39, 0.29) is 6.10 Å². The van der Waals surface area contributed by atoms with Crippen LogP contribution in [0.3, 0.4) is 0 Å². The highest BCUT2D eigenvalue weighted by molar-refractivity contribution is 5.61. The number of ether oxygens (including phenoxy) is 2. The fourth-order valence-corrected chi connectivity index (χ4v) is 3.02. The van der Waals surface area contributed by atoms with Crippen molar-refractivity contribution in [3.63, 3.8) is 0 Å². The standard InChI is InChI=1S/C21H26N4O2/c1-15(2)27-18-6-4-17(5-7-18)14-23-21-19(13-22)16(3)12-20(24-21)25-8-10-26-11-9-25/h4-7,12,15H,8-11,14H2,1-3H3,(H,23,24). The molecule has 6 heteroatoms. The van der Waals surface area contributed by atoms with Crippen molar-refractivity contribution in [2.75, 3.05) is 36.5 Å². The van der Waals surface area contributed by atoms with E-state index < -0.39 is 0 Å². The van der Waals surface area contributed by atoms with E-state index in [2.05, 4.69) is 16.3 Å². The topological polar surface area (TPSA) is 70.4 Å². The molecule has 1 saturated heterocycles. The average Bonchev–Trinajstić information content (AvgIpc) is 2.67. The van der Waals surface area contributed by atoms with E-state index in [1.807, 2.05) is 51.1 Å². The van der Waals surface area contributed by atoms with Gasteiger partial charge in [0.05, 0.1) is 24.9 Å². The molecule has 3 rings (SSSR count). The van der Waals surface area contributed by atoms with Gasteiger partial charge >= 0.3 is 0 Å². The Labute approximate surface area is 160 Å². The second-order valence-electron chi connectivity index (χ2n) is 6.90. The molecule has 2 heterocycles. The third kappa shape index (κ3) is 4.89. The molecule has 27 heavy (non-hydrogen) atoms. The molecule has 0 amide bonds. The average molecular weight is 366 g/mol. The molecule has 1 fully saturated rings. The normalized spacial score (nSPS) is 14.1. The summed E-state index contributed by atoms with van der Waals surface area (Å²) in [4.78, 5) is 6.91. The Morgan fingerprint density at radius 3 is 2.59 bits per heavy atom. The molecule has 0 bridgehead atoms. The fraction of sp³-hybridized carbons (Fsp3) is 0.429. The predicted octanol–water partition coefficient (Wildman–Crippen LogP) is 3.50. The van der Waals surface area contributed by atoms with Gasteiger partial charge in [-0.1, -0.05) is 12.1 Å². The molecule has 142 valence electrons. The Balaban J connectivity index is 1.75. The smallest absolute Gasteiger partial charge is 0.146 e. The van der Waals surface area contributed by atoms with Crippen molar-refractivity contribution in [1.29, 1.82) is 5.26 Å². The van der Waals surface area contributed by atoms with E-state index in [1.54, 1.807) is 0 Å². The number of nitriles is 1. The van der Waals surface area contributed by atoms with Crippen LogP contribution < -0.4 is 15.0 Å². The minimum Gasteiger partial charge on any atom is -0.491 e. The molecule has 0 aliphatic carbocycles. The number of pyridine rings is 1. The van der Waals surface area contributed by atoms with E-state index in [4.69, 9.17) is 14.5 Å². The first-order valence-electron chi connectivity index (χ1n) is 9.30. The molecule has 1 aromatic heterocycles. The van der Waals surface area contributed by atoms with Gasteiger partial charge in [0.1, 0.15) is 23.5 Å². The third-order valence-electron chi connectivity index (χ3n) is 4.41. The van der Waals surface area contributed by atoms with Crippen LogP contribution in [-0.4, -0.2) is 37.4 Å². The van der Waals surface area contributed by atoms with E-state index in [1.165, 1.54) is 0 Å². The van der Waals surface area contributed by atoms with E-state index in [0.29, 0.717) is 31.1 Å². The van der Waals surface area contributed by atoms with Crippen LogP contribution in [-0.2, 0) is 11.3 Å². The molecule has 1 aliphatic heterocycles. The second kappa shape index (κ2) is 8.74. The summed E-state index contributed by atoms with van der Waals surface area (Å²) in [5, 5.41) is 12.9. The maximum atomic E-state index is 9.54. The zero-order valence-corrected chi connectivity index (χ0v) is 16.2. The van der Waals surface area contributed by atoms with E-state index in [9.17, 15) is 5.26 Å². The van der Waals surface area contributed by atoms with Crippen molar-refractivity contribution in [1.82, 2.24) is 4.98 Å². The largest absolute Gasteiger partial charge is 0.491 e. The SMILES string of the molecule is Cc1cc(N2CCOCC2)nc(NCc2ccc(OC(C)C)cc2)c1C#N. The highest BCUT2D eigenvalue weighted by atomic mass is 16.5. The first-order valence-corrected chi connectivity index (χ1v) is 9.30. The Morgan fingerprint density at radius 2 is 1.96 bits per heavy atom. The maximum Gasteiger partial charge on any atom is 0.146 e. The van der Waals surface area contributed by atoms with Crippen LogP contribution >= 0.6 is 0 Å². The summed E-state index contributed by atoms with van der Waals surface area (Å²) in [6.07, 6.45) is 0.155. The minimum atomic E-state index is 0.155. The number of nitrogens with one attached hydrogen (secondary N) is 1. The van der Waals surface area contributed by atoms with Crippen LogP contribution in [0.1, 0.15) is 30.5 Å². The number of aryl methyl sites for hydroxylation is 1. The Hall–Kier alpha value is -2.78. The highest BCUT2D eigenvalue weighted by Gasteiger charge is 2.16. The van der Waals surface area contributed by atoms with Crippen molar-refractivity contribution >= 4 is 11.6 Å². The molecule has 2 aromatic rings. The lowest BCUT2D eigenvalue weighted by molar-refractivity contribution is 0.122. The van der Waals surface area contributed by atoms with E-state index in [0.717, 1.165) is 35.8 Å². The lowest BCUT2D eigenvalue weighted by Gasteiger charge is -2.28. The lowest BCUT2D eigenvalue weighted by Crippen LogP contribution is -2.37. The van der Waals surface area contributed by atoms with Crippen LogP contribution in [0, 0.1) is 18.3 Å². The number of nitrogens with zero attached hydrogens (tertiary/aromatic N) is 3. The second-order valence-corrected chi connectivity index (χ2v) is 6.90. The molecule has 0 atom stereocenters. The van der Waals surface area contributed by atoms with Gasteiger partial charge in [-0.2, -0.15) is 5.26 Å². The number of anilines is 2. The molecule has 6 nitrogen and oxygen atoms in total. The number of aromatic nitrogens is 1. The van der Waals surface area contributed by atoms with Crippen molar-refractivity contribution in [3.8, 4) is 11.8 Å². The van der Waals surface area contributed by atoms with Gasteiger partial charge in [-0.15, -0.1) is 0 Å². The summed E-state index contributed by atoms with van der Waals surface area (Å²) in [6, 6.07) is 12.2. The van der Waals surface area contributed by atoms with Gasteiger partial charge in [0.25, 0.3) is 0 Å². The van der Waals surface area contributed by atoms with Crippen molar-refractivity contribution in [2.45, 2.75) is 33.4 Å². The fourth-order valence-electron chi connectivity index (χ4n) is 3.02. The van der Waals surface area contributed by atoms with Gasteiger partial charge in [-0.05, 0) is 50.1 Å². The Morgan fingerprint density at radius 1 is 1.26 bits per heavy atom. The molecule has 1 aromatic carbocycles. The first kappa shape index (κ1) is 19.0. The summed E-state index contributed by atoms with van der Waals surface area (Å²) in [5.74, 6) is 2.37. The van der Waals surface area contributed by atoms with Crippen molar-refractivity contribution < 1.29 is 9.47 Å². The molecule has 0 radical (unpaired) electrons. The molecule has 1 N–H and O–H groups in total. The molecule has 1 aliphatic rings. The quantitative estimate of drug-likeness (QED) is 0.844. The minimum absolute atomic E-state index is 0.155. The zero-order chi connectivity index (χ0) is 19.2. The lowest BCUT2D eigenvalue weighted by atomic mass is 10.1. The summed E-state index contributed by atoms with van der Waals surface area (Å²) in [6.45, 7) is 9.60. The number of benzene rings is 1. The van der Waals surface area contributed by atoms with Crippen LogP contribution in [0.25, 0.3) is 0 Å². The van der Waals surface area contributed by atoms with Crippen LogP contribution in [0.15, 0.2) is 30.3 Å². The number of morpholine rings is 1. The number of rotatable bonds is 6. The number of hydrogen-bond donors (Lipinski definition) is 1. The van der Waals surface area contributed by atoms with Gasteiger partial charge in [0, 0.05) is 19.6 Å². The van der Waals surface area contributed by atoms with Crippen LogP contribution in [0.4, 0.5) is 11.6 Å². The predicted molar refractivity (Wildman–Crippen MR) is 106 cm³/mol. The van der Waals surface area contributed by atoms with Gasteiger partial charge in [0.15, 0.2) is 0 Å². The van der Waals surface area contributed by atoms with Gasteiger partial charge in [-0.3, -0.25) is 0 Å². The van der Waals surface area contributed by atoms with E-state index >= 15 is 0 Å². The molecule has 0 unspecified atom stereocenters. The van der Waals surface area contributed by atoms with Crippen LogP contribution in [0.5, 0.6) is 5.75 Å². The third-order valence-corrected chi connectivity index (χ3v) is 4.41. The summed E-state index contributed by atoms with van der Waals surface area (Å²) < 4.78 is 11.1. The summed E-state index contributed by atoms with van der Waals surface area (Å²) in [5.41, 5.74) is 2.62. The summed E-state index contributed by atoms with van der Waals surface area (Å²) >= 11 is 0. The van der Waals surface area contributed by atoms with Crippen molar-refractivity contribution in [2.24, 2.45) is 0 Å². The molecular weight excluding hydrogens is 340 g/mol. The molecule has 0 saturated carbocycles. The van der Waals surface area contributed by atoms with Crippen molar-refractivity contribution in [3.05, 3.63) is 47.0 Å². The maximum absolute atomic E-state index is 9.54. The van der Waals surface area contributed by atoms with Gasteiger partial charge < -0.3 is 19.7 Å².